The van der Waals surface area contributed by atoms with Crippen LogP contribution in [0, 0.1) is 11.7 Å². The molecule has 2 aromatic rings. The number of rotatable bonds is 6. The minimum atomic E-state index is -0.349. The summed E-state index contributed by atoms with van der Waals surface area (Å²) in [6.07, 6.45) is 1.30. The molecule has 0 aliphatic carbocycles. The van der Waals surface area contributed by atoms with Gasteiger partial charge in [0, 0.05) is 0 Å². The summed E-state index contributed by atoms with van der Waals surface area (Å²) in [5, 5.41) is 0.153. The molecule has 0 fully saturated rings. The van der Waals surface area contributed by atoms with Crippen LogP contribution in [0.25, 0.3) is 0 Å². The molecule has 0 aliphatic rings. The van der Waals surface area contributed by atoms with Crippen LogP contribution in [0.2, 0.25) is 5.02 Å². The molecule has 0 heterocycles. The second kappa shape index (κ2) is 7.43. The van der Waals surface area contributed by atoms with Gasteiger partial charge in [-0.2, -0.15) is 0 Å². The Labute approximate surface area is 129 Å². The Morgan fingerprint density at radius 3 is 2.48 bits per heavy atom. The van der Waals surface area contributed by atoms with Crippen LogP contribution >= 0.6 is 11.6 Å². The SMILES string of the molecule is COc1ccccc1CC(CN)Cc1cccc(Cl)c1F. The van der Waals surface area contributed by atoms with Gasteiger partial charge in [0.2, 0.25) is 0 Å². The summed E-state index contributed by atoms with van der Waals surface area (Å²) < 4.78 is 19.3. The summed E-state index contributed by atoms with van der Waals surface area (Å²) in [5.74, 6) is 0.620. The van der Waals surface area contributed by atoms with Crippen LogP contribution < -0.4 is 10.5 Å². The van der Waals surface area contributed by atoms with Gasteiger partial charge in [0.05, 0.1) is 12.1 Å². The molecule has 1 atom stereocenters. The highest BCUT2D eigenvalue weighted by molar-refractivity contribution is 6.30. The van der Waals surface area contributed by atoms with Crippen molar-refractivity contribution >= 4 is 11.6 Å². The van der Waals surface area contributed by atoms with Crippen molar-refractivity contribution in [1.29, 1.82) is 0 Å². The second-order valence-electron chi connectivity index (χ2n) is 5.03. The minimum Gasteiger partial charge on any atom is -0.496 e. The van der Waals surface area contributed by atoms with Crippen molar-refractivity contribution in [2.75, 3.05) is 13.7 Å². The summed E-state index contributed by atoms with van der Waals surface area (Å²) in [5.41, 5.74) is 7.54. The summed E-state index contributed by atoms with van der Waals surface area (Å²) in [7, 11) is 1.65. The highest BCUT2D eigenvalue weighted by Crippen LogP contribution is 2.25. The lowest BCUT2D eigenvalue weighted by molar-refractivity contribution is 0.403. The normalized spacial score (nSPS) is 12.2. The van der Waals surface area contributed by atoms with Gasteiger partial charge in [0.1, 0.15) is 11.6 Å². The van der Waals surface area contributed by atoms with E-state index in [9.17, 15) is 4.39 Å². The molecule has 0 aromatic heterocycles. The van der Waals surface area contributed by atoms with Crippen molar-refractivity contribution < 1.29 is 9.13 Å². The molecule has 2 nitrogen and oxygen atoms in total. The van der Waals surface area contributed by atoms with Gasteiger partial charge in [-0.25, -0.2) is 4.39 Å². The lowest BCUT2D eigenvalue weighted by atomic mass is 9.92. The van der Waals surface area contributed by atoms with Crippen LogP contribution in [-0.4, -0.2) is 13.7 Å². The monoisotopic (exact) mass is 307 g/mol. The zero-order chi connectivity index (χ0) is 15.2. The number of halogens is 2. The standard InChI is InChI=1S/C17H19ClFNO/c1-21-16-8-3-2-5-13(16)9-12(11-20)10-14-6-4-7-15(18)17(14)19/h2-8,12H,9-11,20H2,1H3. The summed E-state index contributed by atoms with van der Waals surface area (Å²) in [6, 6.07) is 12.9. The van der Waals surface area contributed by atoms with Crippen molar-refractivity contribution in [3.8, 4) is 5.75 Å². The average Bonchev–Trinajstić information content (AvgIpc) is 2.51. The van der Waals surface area contributed by atoms with Gasteiger partial charge in [-0.15, -0.1) is 0 Å². The van der Waals surface area contributed by atoms with E-state index in [1.54, 1.807) is 25.3 Å². The van der Waals surface area contributed by atoms with Gasteiger partial charge in [0.15, 0.2) is 0 Å². The highest BCUT2D eigenvalue weighted by Gasteiger charge is 2.15. The van der Waals surface area contributed by atoms with E-state index in [1.165, 1.54) is 0 Å². The third-order valence-corrected chi connectivity index (χ3v) is 3.87. The number of para-hydroxylation sites is 1. The number of methoxy groups -OCH3 is 1. The van der Waals surface area contributed by atoms with E-state index in [2.05, 4.69) is 0 Å². The predicted octanol–water partition coefficient (Wildman–Crippen LogP) is 3.85. The molecule has 112 valence electrons. The lowest BCUT2D eigenvalue weighted by Crippen LogP contribution is -2.20. The van der Waals surface area contributed by atoms with Gasteiger partial charge >= 0.3 is 0 Å². The molecule has 4 heteroatoms. The van der Waals surface area contributed by atoms with E-state index in [-0.39, 0.29) is 16.8 Å². The lowest BCUT2D eigenvalue weighted by Gasteiger charge is -2.17. The fourth-order valence-electron chi connectivity index (χ4n) is 2.44. The maximum absolute atomic E-state index is 14.0. The Kier molecular flexibility index (Phi) is 5.59. The molecule has 0 saturated heterocycles. The Balaban J connectivity index is 2.15. The largest absolute Gasteiger partial charge is 0.496 e. The maximum atomic E-state index is 14.0. The third kappa shape index (κ3) is 3.96. The summed E-state index contributed by atoms with van der Waals surface area (Å²) in [4.78, 5) is 0. The minimum absolute atomic E-state index is 0.134. The molecule has 2 rings (SSSR count). The quantitative estimate of drug-likeness (QED) is 0.880. The zero-order valence-corrected chi connectivity index (χ0v) is 12.7. The number of nitrogens with two attached hydrogens (primary N) is 1. The van der Waals surface area contributed by atoms with Crippen LogP contribution in [0.1, 0.15) is 11.1 Å². The zero-order valence-electron chi connectivity index (χ0n) is 12.0. The number of hydrogen-bond acceptors (Lipinski definition) is 2. The average molecular weight is 308 g/mol. The van der Waals surface area contributed by atoms with E-state index in [0.29, 0.717) is 18.5 Å². The first-order valence-corrected chi connectivity index (χ1v) is 7.28. The van der Waals surface area contributed by atoms with Crippen molar-refractivity contribution in [3.05, 3.63) is 64.4 Å². The molecule has 0 amide bonds. The molecule has 21 heavy (non-hydrogen) atoms. The summed E-state index contributed by atoms with van der Waals surface area (Å²) >= 11 is 5.82. The van der Waals surface area contributed by atoms with E-state index in [0.717, 1.165) is 17.7 Å². The van der Waals surface area contributed by atoms with Crippen molar-refractivity contribution in [2.45, 2.75) is 12.8 Å². The first-order valence-electron chi connectivity index (χ1n) is 6.90. The number of hydrogen-bond donors (Lipinski definition) is 1. The number of benzene rings is 2. The second-order valence-corrected chi connectivity index (χ2v) is 5.44. The van der Waals surface area contributed by atoms with E-state index >= 15 is 0 Å². The smallest absolute Gasteiger partial charge is 0.144 e. The molecular formula is C17H19ClFNO. The molecular weight excluding hydrogens is 289 g/mol. The van der Waals surface area contributed by atoms with Crippen LogP contribution in [0.4, 0.5) is 4.39 Å². The van der Waals surface area contributed by atoms with Crippen LogP contribution in [0.15, 0.2) is 42.5 Å². The molecule has 2 aromatic carbocycles. The molecule has 0 aliphatic heterocycles. The molecule has 0 saturated carbocycles. The predicted molar refractivity (Wildman–Crippen MR) is 84.4 cm³/mol. The van der Waals surface area contributed by atoms with Crippen molar-refractivity contribution in [2.24, 2.45) is 11.7 Å². The van der Waals surface area contributed by atoms with Crippen molar-refractivity contribution in [1.82, 2.24) is 0 Å². The van der Waals surface area contributed by atoms with Gasteiger partial charge in [-0.3, -0.25) is 0 Å². The first-order chi connectivity index (χ1) is 10.2. The van der Waals surface area contributed by atoms with E-state index in [4.69, 9.17) is 22.1 Å². The first kappa shape index (κ1) is 15.8. The highest BCUT2D eigenvalue weighted by atomic mass is 35.5. The molecule has 2 N–H and O–H groups in total. The Hall–Kier alpha value is -1.58. The topological polar surface area (TPSA) is 35.2 Å². The molecule has 1 unspecified atom stereocenters. The van der Waals surface area contributed by atoms with Crippen LogP contribution in [0.5, 0.6) is 5.75 Å². The summed E-state index contributed by atoms with van der Waals surface area (Å²) in [6.45, 7) is 0.476. The fraction of sp³-hybridized carbons (Fsp3) is 0.294. The van der Waals surface area contributed by atoms with E-state index < -0.39 is 0 Å². The maximum Gasteiger partial charge on any atom is 0.144 e. The fourth-order valence-corrected chi connectivity index (χ4v) is 2.63. The van der Waals surface area contributed by atoms with Gasteiger partial charge in [0.25, 0.3) is 0 Å². The van der Waals surface area contributed by atoms with Crippen LogP contribution in [-0.2, 0) is 12.8 Å². The van der Waals surface area contributed by atoms with Gasteiger partial charge in [-0.1, -0.05) is 41.9 Å². The Morgan fingerprint density at radius 1 is 1.10 bits per heavy atom. The Morgan fingerprint density at radius 2 is 1.76 bits per heavy atom. The number of ether oxygens (including phenoxy) is 1. The van der Waals surface area contributed by atoms with E-state index in [1.807, 2.05) is 24.3 Å². The van der Waals surface area contributed by atoms with Gasteiger partial charge in [-0.05, 0) is 48.6 Å². The Bertz CT molecular complexity index is 603. The van der Waals surface area contributed by atoms with Crippen molar-refractivity contribution in [3.63, 3.8) is 0 Å². The van der Waals surface area contributed by atoms with Crippen LogP contribution in [0.3, 0.4) is 0 Å². The molecule has 0 bridgehead atoms. The molecule has 0 spiro atoms. The molecule has 0 radical (unpaired) electrons. The van der Waals surface area contributed by atoms with Gasteiger partial charge < -0.3 is 10.5 Å². The third-order valence-electron chi connectivity index (χ3n) is 3.57.